The minimum absolute atomic E-state index is 0.144. The first-order valence-electron chi connectivity index (χ1n) is 4.89. The van der Waals surface area contributed by atoms with E-state index >= 15 is 0 Å². The van der Waals surface area contributed by atoms with Crippen LogP contribution in [0.3, 0.4) is 0 Å². The zero-order valence-corrected chi connectivity index (χ0v) is 9.17. The summed E-state index contributed by atoms with van der Waals surface area (Å²) in [6.07, 6.45) is 2.49. The average molecular weight is 226 g/mol. The summed E-state index contributed by atoms with van der Waals surface area (Å²) in [7, 11) is 1.59. The molecule has 1 saturated carbocycles. The van der Waals surface area contributed by atoms with Crippen LogP contribution in [0.2, 0.25) is 5.02 Å². The van der Waals surface area contributed by atoms with Crippen molar-refractivity contribution in [1.82, 2.24) is 5.32 Å². The molecule has 0 atom stereocenters. The topological polar surface area (TPSA) is 38.3 Å². The number of carbonyl (C=O) groups excluding carboxylic acids is 1. The lowest BCUT2D eigenvalue weighted by atomic mass is 10.2. The number of hydrogen-bond donors (Lipinski definition) is 1. The van der Waals surface area contributed by atoms with Crippen molar-refractivity contribution < 1.29 is 9.53 Å². The number of amides is 1. The zero-order valence-electron chi connectivity index (χ0n) is 8.42. The molecule has 0 bridgehead atoms. The molecule has 0 unspecified atom stereocenters. The number of ether oxygens (including phenoxy) is 1. The zero-order chi connectivity index (χ0) is 10.8. The van der Waals surface area contributed by atoms with Gasteiger partial charge in [-0.2, -0.15) is 0 Å². The van der Waals surface area contributed by atoms with Gasteiger partial charge in [-0.15, -0.1) is 0 Å². The van der Waals surface area contributed by atoms with Crippen molar-refractivity contribution in [3.05, 3.63) is 28.8 Å². The normalized spacial score (nSPS) is 14.8. The van der Waals surface area contributed by atoms with Crippen LogP contribution in [0.5, 0.6) is 5.75 Å². The third-order valence-corrected chi connectivity index (χ3v) is 2.53. The standard InChI is InChI=1S/C11H12ClNO2/c1-13-11(14)7-2-5-10(9(12)6-7)15-8-3-4-8/h2,5-6,8H,3-4H2,1H3,(H,13,14). The maximum atomic E-state index is 11.3. The van der Waals surface area contributed by atoms with Gasteiger partial charge in [0.05, 0.1) is 11.1 Å². The second-order valence-corrected chi connectivity index (χ2v) is 3.95. The molecular formula is C11H12ClNO2. The Balaban J connectivity index is 2.17. The molecule has 1 aromatic carbocycles. The van der Waals surface area contributed by atoms with Gasteiger partial charge >= 0.3 is 0 Å². The second-order valence-electron chi connectivity index (χ2n) is 3.54. The van der Waals surface area contributed by atoms with E-state index in [1.165, 1.54) is 0 Å². The highest BCUT2D eigenvalue weighted by molar-refractivity contribution is 6.32. The van der Waals surface area contributed by atoms with Gasteiger partial charge in [-0.1, -0.05) is 11.6 Å². The van der Waals surface area contributed by atoms with E-state index in [2.05, 4.69) is 5.32 Å². The van der Waals surface area contributed by atoms with Crippen molar-refractivity contribution in [2.24, 2.45) is 0 Å². The summed E-state index contributed by atoms with van der Waals surface area (Å²) in [6.45, 7) is 0. The van der Waals surface area contributed by atoms with Gasteiger partial charge in [0, 0.05) is 12.6 Å². The van der Waals surface area contributed by atoms with Gasteiger partial charge in [-0.3, -0.25) is 4.79 Å². The molecular weight excluding hydrogens is 214 g/mol. The molecule has 1 aliphatic rings. The molecule has 1 aromatic rings. The Morgan fingerprint density at radius 3 is 2.80 bits per heavy atom. The van der Waals surface area contributed by atoms with E-state index in [0.717, 1.165) is 12.8 Å². The number of hydrogen-bond acceptors (Lipinski definition) is 2. The highest BCUT2D eigenvalue weighted by atomic mass is 35.5. The first-order chi connectivity index (χ1) is 7.20. The lowest BCUT2D eigenvalue weighted by molar-refractivity contribution is 0.0963. The number of nitrogens with one attached hydrogen (secondary N) is 1. The van der Waals surface area contributed by atoms with Crippen molar-refractivity contribution in [3.8, 4) is 5.75 Å². The van der Waals surface area contributed by atoms with Gasteiger partial charge in [-0.05, 0) is 31.0 Å². The fraction of sp³-hybridized carbons (Fsp3) is 0.364. The van der Waals surface area contributed by atoms with Crippen LogP contribution in [0.4, 0.5) is 0 Å². The Morgan fingerprint density at radius 2 is 2.27 bits per heavy atom. The molecule has 1 aliphatic carbocycles. The van der Waals surface area contributed by atoms with Crippen LogP contribution in [0.25, 0.3) is 0 Å². The van der Waals surface area contributed by atoms with Crippen molar-refractivity contribution in [3.63, 3.8) is 0 Å². The molecule has 0 aromatic heterocycles. The Hall–Kier alpha value is -1.22. The summed E-state index contributed by atoms with van der Waals surface area (Å²) in [6, 6.07) is 5.08. The molecule has 3 nitrogen and oxygen atoms in total. The molecule has 0 saturated heterocycles. The largest absolute Gasteiger partial charge is 0.489 e. The number of carbonyl (C=O) groups is 1. The monoisotopic (exact) mass is 225 g/mol. The molecule has 4 heteroatoms. The maximum absolute atomic E-state index is 11.3. The quantitative estimate of drug-likeness (QED) is 0.857. The first kappa shape index (κ1) is 10.3. The third kappa shape index (κ3) is 2.42. The van der Waals surface area contributed by atoms with Crippen LogP contribution >= 0.6 is 11.6 Å². The minimum Gasteiger partial charge on any atom is -0.489 e. The van der Waals surface area contributed by atoms with E-state index in [1.54, 1.807) is 25.2 Å². The lowest BCUT2D eigenvalue weighted by Crippen LogP contribution is -2.17. The van der Waals surface area contributed by atoms with Crippen LogP contribution < -0.4 is 10.1 Å². The molecule has 15 heavy (non-hydrogen) atoms. The summed E-state index contributed by atoms with van der Waals surface area (Å²) >= 11 is 6.00. The Labute approximate surface area is 93.4 Å². The fourth-order valence-corrected chi connectivity index (χ4v) is 1.47. The van der Waals surface area contributed by atoms with Gasteiger partial charge in [0.1, 0.15) is 5.75 Å². The summed E-state index contributed by atoms with van der Waals surface area (Å²) in [5.41, 5.74) is 0.547. The third-order valence-electron chi connectivity index (χ3n) is 2.24. The molecule has 0 radical (unpaired) electrons. The summed E-state index contributed by atoms with van der Waals surface area (Å²) in [5, 5.41) is 3.03. The molecule has 1 fully saturated rings. The van der Waals surface area contributed by atoms with Crippen molar-refractivity contribution in [2.45, 2.75) is 18.9 Å². The molecule has 2 rings (SSSR count). The number of benzene rings is 1. The van der Waals surface area contributed by atoms with Crippen molar-refractivity contribution >= 4 is 17.5 Å². The Kier molecular flexibility index (Phi) is 2.82. The van der Waals surface area contributed by atoms with Gasteiger partial charge < -0.3 is 10.1 Å². The van der Waals surface area contributed by atoms with Gasteiger partial charge in [0.25, 0.3) is 5.91 Å². The van der Waals surface area contributed by atoms with E-state index in [9.17, 15) is 4.79 Å². The maximum Gasteiger partial charge on any atom is 0.251 e. The van der Waals surface area contributed by atoms with Crippen LogP contribution in [0.15, 0.2) is 18.2 Å². The molecule has 1 amide bonds. The lowest BCUT2D eigenvalue weighted by Gasteiger charge is -2.07. The minimum atomic E-state index is -0.144. The SMILES string of the molecule is CNC(=O)c1ccc(OC2CC2)c(Cl)c1. The van der Waals surface area contributed by atoms with E-state index in [-0.39, 0.29) is 5.91 Å². The van der Waals surface area contributed by atoms with Crippen molar-refractivity contribution in [1.29, 1.82) is 0 Å². The van der Waals surface area contributed by atoms with Crippen molar-refractivity contribution in [2.75, 3.05) is 7.05 Å². The van der Waals surface area contributed by atoms with Crippen LogP contribution in [-0.4, -0.2) is 19.1 Å². The predicted molar refractivity (Wildman–Crippen MR) is 58.5 cm³/mol. The molecule has 0 heterocycles. The molecule has 80 valence electrons. The van der Waals surface area contributed by atoms with Crippen LogP contribution in [-0.2, 0) is 0 Å². The van der Waals surface area contributed by atoms with E-state index in [4.69, 9.17) is 16.3 Å². The van der Waals surface area contributed by atoms with Gasteiger partial charge in [0.15, 0.2) is 0 Å². The second kappa shape index (κ2) is 4.11. The molecule has 1 N–H and O–H groups in total. The van der Waals surface area contributed by atoms with E-state index in [1.807, 2.05) is 0 Å². The first-order valence-corrected chi connectivity index (χ1v) is 5.27. The Bertz CT molecular complexity index is 388. The smallest absolute Gasteiger partial charge is 0.251 e. The highest BCUT2D eigenvalue weighted by Gasteiger charge is 2.24. The Morgan fingerprint density at radius 1 is 1.53 bits per heavy atom. The molecule has 0 spiro atoms. The summed E-state index contributed by atoms with van der Waals surface area (Å²) < 4.78 is 5.56. The average Bonchev–Trinajstić information content (AvgIpc) is 3.04. The van der Waals surface area contributed by atoms with Gasteiger partial charge in [0.2, 0.25) is 0 Å². The van der Waals surface area contributed by atoms with E-state index < -0.39 is 0 Å². The molecule has 0 aliphatic heterocycles. The van der Waals surface area contributed by atoms with Gasteiger partial charge in [-0.25, -0.2) is 0 Å². The number of halogens is 1. The predicted octanol–water partition coefficient (Wildman–Crippen LogP) is 2.24. The number of rotatable bonds is 3. The highest BCUT2D eigenvalue weighted by Crippen LogP contribution is 2.32. The van der Waals surface area contributed by atoms with Crippen LogP contribution in [0, 0.1) is 0 Å². The fourth-order valence-electron chi connectivity index (χ4n) is 1.25. The summed E-state index contributed by atoms with van der Waals surface area (Å²) in [4.78, 5) is 11.3. The van der Waals surface area contributed by atoms with Crippen LogP contribution in [0.1, 0.15) is 23.2 Å². The summed E-state index contributed by atoms with van der Waals surface area (Å²) in [5.74, 6) is 0.515. The van der Waals surface area contributed by atoms with E-state index in [0.29, 0.717) is 22.4 Å².